The molecule has 6 nitrogen and oxygen atoms in total. The fourth-order valence-electron chi connectivity index (χ4n) is 2.38. The zero-order valence-corrected chi connectivity index (χ0v) is 11.6. The van der Waals surface area contributed by atoms with E-state index in [4.69, 9.17) is 4.74 Å². The Balaban J connectivity index is 1.64. The summed E-state index contributed by atoms with van der Waals surface area (Å²) in [4.78, 5) is 26.1. The second-order valence-electron chi connectivity index (χ2n) is 4.89. The van der Waals surface area contributed by atoms with Crippen LogP contribution >= 0.6 is 0 Å². The third-order valence-corrected chi connectivity index (χ3v) is 3.37. The Hall–Kier alpha value is -2.50. The molecule has 0 bridgehead atoms. The maximum absolute atomic E-state index is 12.3. The maximum Gasteiger partial charge on any atom is 0.291 e. The SMILES string of the molecule is O=C(c1ncccn1)N1CCC[C@@H](Oc2ccncc2)C1. The lowest BCUT2D eigenvalue weighted by Gasteiger charge is -2.32. The van der Waals surface area contributed by atoms with Gasteiger partial charge in [-0.1, -0.05) is 0 Å². The fourth-order valence-corrected chi connectivity index (χ4v) is 2.38. The number of ether oxygens (including phenoxy) is 1. The van der Waals surface area contributed by atoms with Crippen LogP contribution in [0, 0.1) is 0 Å². The summed E-state index contributed by atoms with van der Waals surface area (Å²) < 4.78 is 5.90. The standard InChI is InChI=1S/C15H16N4O2/c20-15(14-17-6-2-7-18-14)19-10-1-3-13(11-19)21-12-4-8-16-9-5-12/h2,4-9,13H,1,3,10-11H2/t13-/m1/s1. The van der Waals surface area contributed by atoms with E-state index >= 15 is 0 Å². The summed E-state index contributed by atoms with van der Waals surface area (Å²) >= 11 is 0. The van der Waals surface area contributed by atoms with E-state index in [2.05, 4.69) is 15.0 Å². The number of hydrogen-bond acceptors (Lipinski definition) is 5. The molecule has 0 aromatic carbocycles. The molecule has 0 spiro atoms. The highest BCUT2D eigenvalue weighted by Crippen LogP contribution is 2.18. The third-order valence-electron chi connectivity index (χ3n) is 3.37. The van der Waals surface area contributed by atoms with Crippen molar-refractivity contribution in [2.24, 2.45) is 0 Å². The molecule has 2 aromatic rings. The predicted octanol–water partition coefficient (Wildman–Crippen LogP) is 1.56. The summed E-state index contributed by atoms with van der Waals surface area (Å²) in [6, 6.07) is 5.34. The summed E-state index contributed by atoms with van der Waals surface area (Å²) in [7, 11) is 0. The number of pyridine rings is 1. The first-order valence-electron chi connectivity index (χ1n) is 6.96. The molecule has 2 aromatic heterocycles. The number of carbonyl (C=O) groups excluding carboxylic acids is 1. The number of carbonyl (C=O) groups is 1. The third kappa shape index (κ3) is 3.34. The van der Waals surface area contributed by atoms with Crippen LogP contribution in [0.5, 0.6) is 5.75 Å². The van der Waals surface area contributed by atoms with Crippen molar-refractivity contribution < 1.29 is 9.53 Å². The molecule has 0 N–H and O–H groups in total. The topological polar surface area (TPSA) is 68.2 Å². The molecular weight excluding hydrogens is 268 g/mol. The van der Waals surface area contributed by atoms with Gasteiger partial charge in [-0.05, 0) is 31.0 Å². The smallest absolute Gasteiger partial charge is 0.291 e. The van der Waals surface area contributed by atoms with Crippen LogP contribution in [0.4, 0.5) is 0 Å². The van der Waals surface area contributed by atoms with Crippen molar-refractivity contribution in [2.45, 2.75) is 18.9 Å². The van der Waals surface area contributed by atoms with Gasteiger partial charge in [-0.25, -0.2) is 9.97 Å². The van der Waals surface area contributed by atoms with E-state index in [1.54, 1.807) is 35.8 Å². The Morgan fingerprint density at radius 3 is 2.71 bits per heavy atom. The molecule has 1 atom stereocenters. The second kappa shape index (κ2) is 6.30. The highest BCUT2D eigenvalue weighted by atomic mass is 16.5. The largest absolute Gasteiger partial charge is 0.488 e. The van der Waals surface area contributed by atoms with Crippen molar-refractivity contribution in [3.63, 3.8) is 0 Å². The fraction of sp³-hybridized carbons (Fsp3) is 0.333. The Bertz CT molecular complexity index is 591. The number of piperidine rings is 1. The quantitative estimate of drug-likeness (QED) is 0.855. The first kappa shape index (κ1) is 13.5. The Kier molecular flexibility index (Phi) is 4.04. The van der Waals surface area contributed by atoms with Gasteiger partial charge in [-0.15, -0.1) is 0 Å². The first-order chi connectivity index (χ1) is 10.3. The molecule has 0 saturated carbocycles. The molecule has 1 aliphatic heterocycles. The number of aromatic nitrogens is 3. The maximum atomic E-state index is 12.3. The molecule has 1 fully saturated rings. The molecule has 3 heterocycles. The highest BCUT2D eigenvalue weighted by Gasteiger charge is 2.26. The van der Waals surface area contributed by atoms with E-state index in [1.165, 1.54) is 0 Å². The van der Waals surface area contributed by atoms with Crippen molar-refractivity contribution in [1.82, 2.24) is 19.9 Å². The summed E-state index contributed by atoms with van der Waals surface area (Å²) in [5.41, 5.74) is 0. The van der Waals surface area contributed by atoms with E-state index < -0.39 is 0 Å². The Morgan fingerprint density at radius 2 is 1.95 bits per heavy atom. The number of likely N-dealkylation sites (tertiary alicyclic amines) is 1. The number of hydrogen-bond donors (Lipinski definition) is 0. The van der Waals surface area contributed by atoms with Gasteiger partial charge in [0, 0.05) is 31.3 Å². The molecule has 21 heavy (non-hydrogen) atoms. The van der Waals surface area contributed by atoms with Gasteiger partial charge in [0.2, 0.25) is 5.82 Å². The molecule has 1 aliphatic rings. The van der Waals surface area contributed by atoms with Crippen LogP contribution in [-0.2, 0) is 0 Å². The van der Waals surface area contributed by atoms with Gasteiger partial charge < -0.3 is 9.64 Å². The monoisotopic (exact) mass is 284 g/mol. The van der Waals surface area contributed by atoms with Crippen LogP contribution in [0.2, 0.25) is 0 Å². The second-order valence-corrected chi connectivity index (χ2v) is 4.89. The van der Waals surface area contributed by atoms with Gasteiger partial charge in [-0.3, -0.25) is 9.78 Å². The van der Waals surface area contributed by atoms with Crippen molar-refractivity contribution in [3.05, 3.63) is 48.8 Å². The van der Waals surface area contributed by atoms with E-state index in [0.29, 0.717) is 13.1 Å². The van der Waals surface area contributed by atoms with Crippen LogP contribution in [0.25, 0.3) is 0 Å². The van der Waals surface area contributed by atoms with Crippen LogP contribution < -0.4 is 4.74 Å². The van der Waals surface area contributed by atoms with Crippen molar-refractivity contribution >= 4 is 5.91 Å². The molecule has 1 amide bonds. The van der Waals surface area contributed by atoms with Crippen LogP contribution in [-0.4, -0.2) is 45.0 Å². The molecule has 0 radical (unpaired) electrons. The van der Waals surface area contributed by atoms with Crippen molar-refractivity contribution in [3.8, 4) is 5.75 Å². The summed E-state index contributed by atoms with van der Waals surface area (Å²) in [5, 5.41) is 0. The Morgan fingerprint density at radius 1 is 1.19 bits per heavy atom. The van der Waals surface area contributed by atoms with Crippen LogP contribution in [0.3, 0.4) is 0 Å². The normalized spacial score (nSPS) is 18.3. The predicted molar refractivity (Wildman–Crippen MR) is 75.8 cm³/mol. The molecular formula is C15H16N4O2. The average Bonchev–Trinajstić information content (AvgIpc) is 2.56. The molecule has 0 aliphatic carbocycles. The summed E-state index contributed by atoms with van der Waals surface area (Å²) in [6.45, 7) is 1.27. The molecule has 0 unspecified atom stereocenters. The average molecular weight is 284 g/mol. The van der Waals surface area contributed by atoms with Crippen molar-refractivity contribution in [1.29, 1.82) is 0 Å². The highest BCUT2D eigenvalue weighted by molar-refractivity contribution is 5.90. The zero-order chi connectivity index (χ0) is 14.5. The van der Waals surface area contributed by atoms with Crippen LogP contribution in [0.15, 0.2) is 43.0 Å². The van der Waals surface area contributed by atoms with E-state index in [-0.39, 0.29) is 17.8 Å². The van der Waals surface area contributed by atoms with Crippen LogP contribution in [0.1, 0.15) is 23.5 Å². The minimum Gasteiger partial charge on any atom is -0.488 e. The first-order valence-corrected chi connectivity index (χ1v) is 6.96. The summed E-state index contributed by atoms with van der Waals surface area (Å²) in [6.07, 6.45) is 8.38. The molecule has 6 heteroatoms. The van der Waals surface area contributed by atoms with E-state index in [1.807, 2.05) is 12.1 Å². The van der Waals surface area contributed by atoms with Crippen molar-refractivity contribution in [2.75, 3.05) is 13.1 Å². The molecule has 1 saturated heterocycles. The van der Waals surface area contributed by atoms with E-state index in [9.17, 15) is 4.79 Å². The molecule has 108 valence electrons. The van der Waals surface area contributed by atoms with Gasteiger partial charge in [0.1, 0.15) is 11.9 Å². The lowest BCUT2D eigenvalue weighted by molar-refractivity contribution is 0.0527. The zero-order valence-electron chi connectivity index (χ0n) is 11.6. The lowest BCUT2D eigenvalue weighted by atomic mass is 10.1. The lowest BCUT2D eigenvalue weighted by Crippen LogP contribution is -2.44. The van der Waals surface area contributed by atoms with Gasteiger partial charge in [0.05, 0.1) is 6.54 Å². The van der Waals surface area contributed by atoms with E-state index in [0.717, 1.165) is 18.6 Å². The van der Waals surface area contributed by atoms with Gasteiger partial charge in [0.25, 0.3) is 5.91 Å². The Labute approximate surface area is 122 Å². The number of rotatable bonds is 3. The number of amides is 1. The minimum absolute atomic E-state index is 0.00573. The van der Waals surface area contributed by atoms with Gasteiger partial charge in [-0.2, -0.15) is 0 Å². The molecule has 3 rings (SSSR count). The minimum atomic E-state index is -0.140. The number of nitrogens with zero attached hydrogens (tertiary/aromatic N) is 4. The van der Waals surface area contributed by atoms with Gasteiger partial charge >= 0.3 is 0 Å². The van der Waals surface area contributed by atoms with Gasteiger partial charge in [0.15, 0.2) is 0 Å². The summed E-state index contributed by atoms with van der Waals surface area (Å²) in [5.74, 6) is 0.876.